The molecule has 0 spiro atoms. The highest BCUT2D eigenvalue weighted by molar-refractivity contribution is 5.65. The molecule has 7 heteroatoms. The fraction of sp³-hybridized carbons (Fsp3) is 0.286. The van der Waals surface area contributed by atoms with E-state index in [1.54, 1.807) is 24.1 Å². The molecule has 0 aliphatic heterocycles. The lowest BCUT2D eigenvalue weighted by Crippen LogP contribution is -2.05. The minimum Gasteiger partial charge on any atom is -0.383 e. The Kier molecular flexibility index (Phi) is 4.29. The number of nitriles is 1. The van der Waals surface area contributed by atoms with Gasteiger partial charge in [-0.05, 0) is 23.8 Å². The van der Waals surface area contributed by atoms with E-state index in [9.17, 15) is 13.2 Å². The van der Waals surface area contributed by atoms with E-state index in [0.29, 0.717) is 24.3 Å². The van der Waals surface area contributed by atoms with Gasteiger partial charge in [-0.1, -0.05) is 0 Å². The third-order valence-electron chi connectivity index (χ3n) is 2.88. The zero-order chi connectivity index (χ0) is 15.5. The number of ether oxygens (including phenoxy) is 1. The first kappa shape index (κ1) is 15.1. The largest absolute Gasteiger partial charge is 0.416 e. The zero-order valence-corrected chi connectivity index (χ0v) is 11.2. The summed E-state index contributed by atoms with van der Waals surface area (Å²) < 4.78 is 45.0. The van der Waals surface area contributed by atoms with Crippen LogP contribution in [0.15, 0.2) is 30.6 Å². The molecular formula is C14H12F3N3O. The number of hydrogen-bond donors (Lipinski definition) is 0. The minimum atomic E-state index is -4.49. The van der Waals surface area contributed by atoms with E-state index in [2.05, 4.69) is 5.10 Å². The highest BCUT2D eigenvalue weighted by Gasteiger charge is 2.31. The van der Waals surface area contributed by atoms with Crippen LogP contribution in [0.25, 0.3) is 11.1 Å². The minimum absolute atomic E-state index is 0.0375. The van der Waals surface area contributed by atoms with Gasteiger partial charge in [0.2, 0.25) is 0 Å². The van der Waals surface area contributed by atoms with Gasteiger partial charge >= 0.3 is 6.18 Å². The van der Waals surface area contributed by atoms with E-state index in [1.165, 1.54) is 12.3 Å². The Morgan fingerprint density at radius 3 is 2.67 bits per heavy atom. The van der Waals surface area contributed by atoms with Crippen LogP contribution in [-0.2, 0) is 17.5 Å². The lowest BCUT2D eigenvalue weighted by Gasteiger charge is -2.09. The smallest absolute Gasteiger partial charge is 0.383 e. The lowest BCUT2D eigenvalue weighted by atomic mass is 10.0. The predicted molar refractivity (Wildman–Crippen MR) is 69.3 cm³/mol. The maximum Gasteiger partial charge on any atom is 0.416 e. The fourth-order valence-corrected chi connectivity index (χ4v) is 1.84. The summed E-state index contributed by atoms with van der Waals surface area (Å²) in [6, 6.07) is 5.00. The molecule has 110 valence electrons. The number of benzene rings is 1. The number of nitrogens with zero attached hydrogens (tertiary/aromatic N) is 3. The molecule has 0 atom stereocenters. The van der Waals surface area contributed by atoms with Crippen molar-refractivity contribution in [2.45, 2.75) is 12.7 Å². The van der Waals surface area contributed by atoms with Crippen LogP contribution in [0.5, 0.6) is 0 Å². The standard InChI is InChI=1S/C14H12F3N3O/c1-21-3-2-20-9-12(8-19-20)11-4-10(7-18)5-13(6-11)14(15,16)17/h4-6,8-9H,2-3H2,1H3. The van der Waals surface area contributed by atoms with Gasteiger partial charge in [0.1, 0.15) is 0 Å². The Labute approximate surface area is 119 Å². The van der Waals surface area contributed by atoms with Crippen molar-refractivity contribution < 1.29 is 17.9 Å². The third-order valence-corrected chi connectivity index (χ3v) is 2.88. The molecule has 1 heterocycles. The van der Waals surface area contributed by atoms with Crippen molar-refractivity contribution in [2.75, 3.05) is 13.7 Å². The van der Waals surface area contributed by atoms with Crippen LogP contribution in [0.4, 0.5) is 13.2 Å². The predicted octanol–water partition coefficient (Wildman–Crippen LogP) is 3.09. The Bertz CT molecular complexity index is 671. The first-order chi connectivity index (χ1) is 9.94. The normalized spacial score (nSPS) is 11.4. The average Bonchev–Trinajstić information content (AvgIpc) is 2.92. The molecule has 1 aromatic heterocycles. The molecule has 21 heavy (non-hydrogen) atoms. The first-order valence-corrected chi connectivity index (χ1v) is 6.08. The van der Waals surface area contributed by atoms with Gasteiger partial charge in [-0.25, -0.2) is 0 Å². The molecule has 0 bridgehead atoms. The van der Waals surface area contributed by atoms with Gasteiger partial charge in [0.05, 0.1) is 36.5 Å². The monoisotopic (exact) mass is 295 g/mol. The quantitative estimate of drug-likeness (QED) is 0.871. The molecule has 2 rings (SSSR count). The molecule has 1 aromatic carbocycles. The number of methoxy groups -OCH3 is 1. The van der Waals surface area contributed by atoms with E-state index in [-0.39, 0.29) is 5.56 Å². The summed E-state index contributed by atoms with van der Waals surface area (Å²) >= 11 is 0. The molecule has 0 aliphatic rings. The number of alkyl halides is 3. The maximum absolute atomic E-state index is 12.8. The van der Waals surface area contributed by atoms with Gasteiger partial charge in [0.15, 0.2) is 0 Å². The SMILES string of the molecule is COCCn1cc(-c2cc(C#N)cc(C(F)(F)F)c2)cn1. The Morgan fingerprint density at radius 2 is 2.05 bits per heavy atom. The van der Waals surface area contributed by atoms with Crippen molar-refractivity contribution in [3.63, 3.8) is 0 Å². The molecule has 0 unspecified atom stereocenters. The lowest BCUT2D eigenvalue weighted by molar-refractivity contribution is -0.137. The van der Waals surface area contributed by atoms with Crippen LogP contribution in [-0.4, -0.2) is 23.5 Å². The van der Waals surface area contributed by atoms with Crippen LogP contribution >= 0.6 is 0 Å². The molecule has 0 amide bonds. The van der Waals surface area contributed by atoms with E-state index >= 15 is 0 Å². The Morgan fingerprint density at radius 1 is 1.29 bits per heavy atom. The molecule has 2 aromatic rings. The van der Waals surface area contributed by atoms with Crippen LogP contribution in [0.1, 0.15) is 11.1 Å². The summed E-state index contributed by atoms with van der Waals surface area (Å²) in [6.07, 6.45) is -1.41. The molecular weight excluding hydrogens is 283 g/mol. The van der Waals surface area contributed by atoms with Crippen LogP contribution < -0.4 is 0 Å². The number of hydrogen-bond acceptors (Lipinski definition) is 3. The van der Waals surface area contributed by atoms with Crippen molar-refractivity contribution >= 4 is 0 Å². The van der Waals surface area contributed by atoms with E-state index in [1.807, 2.05) is 0 Å². The van der Waals surface area contributed by atoms with E-state index in [0.717, 1.165) is 12.1 Å². The molecule has 0 saturated carbocycles. The van der Waals surface area contributed by atoms with Gasteiger partial charge in [-0.2, -0.15) is 23.5 Å². The summed E-state index contributed by atoms with van der Waals surface area (Å²) in [5.41, 5.74) is -0.0515. The Balaban J connectivity index is 2.39. The maximum atomic E-state index is 12.8. The van der Waals surface area contributed by atoms with Gasteiger partial charge in [-0.15, -0.1) is 0 Å². The second-order valence-corrected chi connectivity index (χ2v) is 4.39. The van der Waals surface area contributed by atoms with Crippen LogP contribution in [0.3, 0.4) is 0 Å². The fourth-order valence-electron chi connectivity index (χ4n) is 1.84. The zero-order valence-electron chi connectivity index (χ0n) is 11.2. The first-order valence-electron chi connectivity index (χ1n) is 6.08. The van der Waals surface area contributed by atoms with Crippen molar-refractivity contribution in [1.82, 2.24) is 9.78 Å². The summed E-state index contributed by atoms with van der Waals surface area (Å²) in [7, 11) is 1.55. The van der Waals surface area contributed by atoms with E-state index < -0.39 is 11.7 Å². The van der Waals surface area contributed by atoms with Crippen LogP contribution in [0, 0.1) is 11.3 Å². The van der Waals surface area contributed by atoms with Crippen molar-refractivity contribution in [2.24, 2.45) is 0 Å². The molecule has 0 N–H and O–H groups in total. The summed E-state index contributed by atoms with van der Waals surface area (Å²) in [5.74, 6) is 0. The second kappa shape index (κ2) is 5.97. The molecule has 0 aliphatic carbocycles. The summed E-state index contributed by atoms with van der Waals surface area (Å²) in [4.78, 5) is 0. The molecule has 0 fully saturated rings. The number of aromatic nitrogens is 2. The summed E-state index contributed by atoms with van der Waals surface area (Å²) in [5, 5.41) is 12.9. The highest BCUT2D eigenvalue weighted by Crippen LogP contribution is 2.33. The van der Waals surface area contributed by atoms with Crippen LogP contribution in [0.2, 0.25) is 0 Å². The molecule has 0 saturated heterocycles. The Hall–Kier alpha value is -2.33. The third kappa shape index (κ3) is 3.61. The number of halogens is 3. The van der Waals surface area contributed by atoms with Crippen molar-refractivity contribution in [1.29, 1.82) is 5.26 Å². The topological polar surface area (TPSA) is 50.8 Å². The van der Waals surface area contributed by atoms with Crippen molar-refractivity contribution in [3.05, 3.63) is 41.7 Å². The van der Waals surface area contributed by atoms with Gasteiger partial charge < -0.3 is 4.74 Å². The van der Waals surface area contributed by atoms with Gasteiger partial charge in [-0.3, -0.25) is 4.68 Å². The summed E-state index contributed by atoms with van der Waals surface area (Å²) in [6.45, 7) is 0.952. The molecule has 0 radical (unpaired) electrons. The second-order valence-electron chi connectivity index (χ2n) is 4.39. The molecule has 4 nitrogen and oxygen atoms in total. The van der Waals surface area contributed by atoms with Gasteiger partial charge in [0, 0.05) is 18.9 Å². The average molecular weight is 295 g/mol. The number of rotatable bonds is 4. The van der Waals surface area contributed by atoms with Gasteiger partial charge in [0.25, 0.3) is 0 Å². The van der Waals surface area contributed by atoms with E-state index in [4.69, 9.17) is 10.00 Å². The van der Waals surface area contributed by atoms with Crippen molar-refractivity contribution in [3.8, 4) is 17.2 Å². The highest BCUT2D eigenvalue weighted by atomic mass is 19.4.